The van der Waals surface area contributed by atoms with Crippen LogP contribution >= 0.6 is 36.2 Å². The van der Waals surface area contributed by atoms with Gasteiger partial charge in [0.2, 0.25) is 0 Å². The number of hydrogen-bond donors (Lipinski definition) is 2. The highest BCUT2D eigenvalue weighted by Gasteiger charge is 2.06. The average Bonchev–Trinajstić information content (AvgIpc) is 2.75. The molecule has 15 heavy (non-hydrogen) atoms. The smallest absolute Gasteiger partial charge is 0.102 e. The van der Waals surface area contributed by atoms with Crippen molar-refractivity contribution < 1.29 is 0 Å². The summed E-state index contributed by atoms with van der Waals surface area (Å²) in [7, 11) is 0. The van der Waals surface area contributed by atoms with Gasteiger partial charge in [0.1, 0.15) is 5.69 Å². The van der Waals surface area contributed by atoms with E-state index in [4.69, 9.17) is 5.73 Å². The highest BCUT2D eigenvalue weighted by molar-refractivity contribution is 7.13. The van der Waals surface area contributed by atoms with Gasteiger partial charge in [0.15, 0.2) is 0 Å². The molecule has 2 rings (SSSR count). The molecule has 3 nitrogen and oxygen atoms in total. The Bertz CT molecular complexity index is 384. The molecule has 0 spiro atoms. The van der Waals surface area contributed by atoms with Gasteiger partial charge in [-0.15, -0.1) is 36.2 Å². The first kappa shape index (κ1) is 14.5. The number of rotatable bonds is 2. The van der Waals surface area contributed by atoms with Gasteiger partial charge in [-0.2, -0.15) is 5.10 Å². The van der Waals surface area contributed by atoms with Crippen molar-refractivity contribution in [1.82, 2.24) is 10.2 Å². The minimum Gasteiger partial charge on any atom is -0.323 e. The van der Waals surface area contributed by atoms with Gasteiger partial charge in [-0.05, 0) is 24.4 Å². The predicted molar refractivity (Wildman–Crippen MR) is 69.0 cm³/mol. The van der Waals surface area contributed by atoms with Crippen LogP contribution < -0.4 is 5.73 Å². The second-order valence-electron chi connectivity index (χ2n) is 2.97. The van der Waals surface area contributed by atoms with E-state index >= 15 is 0 Å². The van der Waals surface area contributed by atoms with Gasteiger partial charge < -0.3 is 5.73 Å². The normalized spacial score (nSPS) is 11.3. The number of aromatic nitrogens is 2. The Labute approximate surface area is 105 Å². The van der Waals surface area contributed by atoms with Gasteiger partial charge in [-0.25, -0.2) is 0 Å². The Hall–Kier alpha value is -0.550. The highest BCUT2D eigenvalue weighted by atomic mass is 35.5. The molecule has 1 atom stereocenters. The van der Waals surface area contributed by atoms with E-state index in [1.54, 1.807) is 11.3 Å². The Morgan fingerprint density at radius 1 is 1.47 bits per heavy atom. The summed E-state index contributed by atoms with van der Waals surface area (Å²) in [6.45, 7) is 1.94. The van der Waals surface area contributed by atoms with Gasteiger partial charge in [-0.1, -0.05) is 6.07 Å². The lowest BCUT2D eigenvalue weighted by atomic mass is 10.2. The summed E-state index contributed by atoms with van der Waals surface area (Å²) in [5, 5.41) is 9.15. The molecule has 2 heterocycles. The van der Waals surface area contributed by atoms with E-state index < -0.39 is 0 Å². The molecule has 6 heteroatoms. The van der Waals surface area contributed by atoms with Gasteiger partial charge in [0.05, 0.1) is 10.6 Å². The summed E-state index contributed by atoms with van der Waals surface area (Å²) in [4.78, 5) is 1.17. The van der Waals surface area contributed by atoms with Crippen LogP contribution in [0.4, 0.5) is 0 Å². The molecule has 0 aromatic carbocycles. The largest absolute Gasteiger partial charge is 0.323 e. The lowest BCUT2D eigenvalue weighted by molar-refractivity contribution is 0.772. The van der Waals surface area contributed by atoms with Crippen molar-refractivity contribution in [3.63, 3.8) is 0 Å². The van der Waals surface area contributed by atoms with Crippen molar-refractivity contribution >= 4 is 36.2 Å². The zero-order valence-corrected chi connectivity index (χ0v) is 10.6. The van der Waals surface area contributed by atoms with Gasteiger partial charge in [0, 0.05) is 6.04 Å². The SMILES string of the molecule is CC(N)c1cc(-c2cccs2)n[nH]1.Cl.Cl. The number of hydrogen-bond acceptors (Lipinski definition) is 3. The maximum absolute atomic E-state index is 5.71. The monoisotopic (exact) mass is 265 g/mol. The summed E-state index contributed by atoms with van der Waals surface area (Å²) in [6.07, 6.45) is 0. The van der Waals surface area contributed by atoms with E-state index in [9.17, 15) is 0 Å². The van der Waals surface area contributed by atoms with Crippen molar-refractivity contribution in [2.45, 2.75) is 13.0 Å². The Morgan fingerprint density at radius 3 is 2.67 bits per heavy atom. The maximum atomic E-state index is 5.71. The number of nitrogens with one attached hydrogen (secondary N) is 1. The Balaban J connectivity index is 0.000000980. The lowest BCUT2D eigenvalue weighted by Gasteiger charge is -1.96. The first-order valence-corrected chi connectivity index (χ1v) is 5.00. The van der Waals surface area contributed by atoms with Gasteiger partial charge >= 0.3 is 0 Å². The average molecular weight is 266 g/mol. The van der Waals surface area contributed by atoms with Crippen molar-refractivity contribution in [3.05, 3.63) is 29.3 Å². The summed E-state index contributed by atoms with van der Waals surface area (Å²) in [5.74, 6) is 0. The van der Waals surface area contributed by atoms with E-state index in [-0.39, 0.29) is 30.9 Å². The molecule has 0 amide bonds. The second-order valence-corrected chi connectivity index (χ2v) is 3.92. The van der Waals surface area contributed by atoms with E-state index in [2.05, 4.69) is 10.2 Å². The number of H-pyrrole nitrogens is 1. The molecule has 1 unspecified atom stereocenters. The fourth-order valence-electron chi connectivity index (χ4n) is 1.12. The molecule has 0 aliphatic heterocycles. The van der Waals surface area contributed by atoms with Crippen molar-refractivity contribution in [2.24, 2.45) is 5.73 Å². The minimum atomic E-state index is 0. The second kappa shape index (κ2) is 6.12. The molecule has 84 valence electrons. The van der Waals surface area contributed by atoms with Crippen LogP contribution in [-0.2, 0) is 0 Å². The fourth-order valence-corrected chi connectivity index (χ4v) is 1.81. The molecular formula is C9H13Cl2N3S. The van der Waals surface area contributed by atoms with Crippen molar-refractivity contribution in [3.8, 4) is 10.6 Å². The van der Waals surface area contributed by atoms with Crippen LogP contribution in [0.3, 0.4) is 0 Å². The van der Waals surface area contributed by atoms with E-state index in [0.717, 1.165) is 11.4 Å². The van der Waals surface area contributed by atoms with Crippen LogP contribution in [0.5, 0.6) is 0 Å². The van der Waals surface area contributed by atoms with Crippen LogP contribution in [0.2, 0.25) is 0 Å². The standard InChI is InChI=1S/C9H11N3S.2ClH/c1-6(10)7-5-8(12-11-7)9-3-2-4-13-9;;/h2-6H,10H2,1H3,(H,11,12);2*1H. The zero-order valence-electron chi connectivity index (χ0n) is 8.14. The third-order valence-corrected chi connectivity index (χ3v) is 2.75. The maximum Gasteiger partial charge on any atom is 0.102 e. The van der Waals surface area contributed by atoms with Crippen molar-refractivity contribution in [1.29, 1.82) is 0 Å². The molecule has 0 saturated heterocycles. The number of nitrogens with zero attached hydrogens (tertiary/aromatic N) is 1. The van der Waals surface area contributed by atoms with Crippen LogP contribution in [0.15, 0.2) is 23.6 Å². The van der Waals surface area contributed by atoms with E-state index in [1.165, 1.54) is 4.88 Å². The number of halogens is 2. The highest BCUT2D eigenvalue weighted by Crippen LogP contribution is 2.23. The summed E-state index contributed by atoms with van der Waals surface area (Å²) in [5.41, 5.74) is 7.66. The third kappa shape index (κ3) is 3.21. The summed E-state index contributed by atoms with van der Waals surface area (Å²) < 4.78 is 0. The van der Waals surface area contributed by atoms with Crippen LogP contribution in [0, 0.1) is 0 Å². The first-order valence-electron chi connectivity index (χ1n) is 4.12. The molecule has 0 bridgehead atoms. The molecule has 0 aliphatic carbocycles. The number of aromatic amines is 1. The molecular weight excluding hydrogens is 253 g/mol. The van der Waals surface area contributed by atoms with Crippen LogP contribution in [0.1, 0.15) is 18.7 Å². The molecule has 0 fully saturated rings. The van der Waals surface area contributed by atoms with Crippen LogP contribution in [-0.4, -0.2) is 10.2 Å². The first-order chi connectivity index (χ1) is 6.27. The van der Waals surface area contributed by atoms with Crippen molar-refractivity contribution in [2.75, 3.05) is 0 Å². The molecule has 0 saturated carbocycles. The zero-order chi connectivity index (χ0) is 9.26. The minimum absolute atomic E-state index is 0. The van der Waals surface area contributed by atoms with E-state index in [1.807, 2.05) is 30.5 Å². The number of thiophene rings is 1. The Morgan fingerprint density at radius 2 is 2.20 bits per heavy atom. The molecule has 0 aliphatic rings. The van der Waals surface area contributed by atoms with E-state index in [0.29, 0.717) is 0 Å². The summed E-state index contributed by atoms with van der Waals surface area (Å²) in [6, 6.07) is 6.07. The van der Waals surface area contributed by atoms with Crippen LogP contribution in [0.25, 0.3) is 10.6 Å². The molecule has 0 radical (unpaired) electrons. The van der Waals surface area contributed by atoms with Gasteiger partial charge in [0.25, 0.3) is 0 Å². The molecule has 3 N–H and O–H groups in total. The number of nitrogens with two attached hydrogens (primary N) is 1. The fraction of sp³-hybridized carbons (Fsp3) is 0.222. The third-order valence-electron chi connectivity index (χ3n) is 1.86. The topological polar surface area (TPSA) is 54.7 Å². The molecule has 2 aromatic heterocycles. The Kier molecular flexibility index (Phi) is 5.90. The molecule has 2 aromatic rings. The summed E-state index contributed by atoms with van der Waals surface area (Å²) >= 11 is 1.68. The van der Waals surface area contributed by atoms with Gasteiger partial charge in [-0.3, -0.25) is 5.10 Å². The predicted octanol–water partition coefficient (Wildman–Crippen LogP) is 3.00. The lowest BCUT2D eigenvalue weighted by Crippen LogP contribution is -2.04. The quantitative estimate of drug-likeness (QED) is 0.877.